The Morgan fingerprint density at radius 2 is 1.69 bits per heavy atom. The topological polar surface area (TPSA) is 104 Å². The van der Waals surface area contributed by atoms with Crippen molar-refractivity contribution in [2.24, 2.45) is 0 Å². The highest BCUT2D eigenvalue weighted by atomic mass is 32.2. The number of sulfonamides is 1. The normalized spacial score (nSPS) is 12.7. The number of nitrogens with one attached hydrogen (secondary N) is 1. The molecule has 0 fully saturated rings. The van der Waals surface area contributed by atoms with Crippen LogP contribution >= 0.6 is 0 Å². The third kappa shape index (κ3) is 5.51. The van der Waals surface area contributed by atoms with E-state index in [1.54, 1.807) is 12.1 Å². The molecule has 0 saturated carbocycles. The minimum atomic E-state index is -3.70. The van der Waals surface area contributed by atoms with Gasteiger partial charge in [-0.2, -0.15) is 0 Å². The van der Waals surface area contributed by atoms with Gasteiger partial charge < -0.3 is 10.2 Å². The number of rotatable bonds is 10. The standard InChI is InChI=1S/C24H26FNO5S/c1-16(15-27)17-5-11-21-18(14-23(24(28)29)22(21)12-6-17)4-2-3-13-26-32(30,31)20-9-7-19(25)8-10-20/h5-12,14,16,26-27H,2-4,13,15H2,1H3,(H,28,29). The maximum absolute atomic E-state index is 13.0. The Labute approximate surface area is 187 Å². The Morgan fingerprint density at radius 3 is 2.31 bits per heavy atom. The van der Waals surface area contributed by atoms with Crippen molar-refractivity contribution in [3.05, 3.63) is 77.1 Å². The summed E-state index contributed by atoms with van der Waals surface area (Å²) >= 11 is 0. The Morgan fingerprint density at radius 1 is 1.03 bits per heavy atom. The van der Waals surface area contributed by atoms with Crippen molar-refractivity contribution in [3.63, 3.8) is 0 Å². The average molecular weight is 460 g/mol. The van der Waals surface area contributed by atoms with Gasteiger partial charge in [0.25, 0.3) is 0 Å². The molecule has 0 aliphatic heterocycles. The number of aliphatic hydroxyl groups is 1. The van der Waals surface area contributed by atoms with Crippen LogP contribution in [-0.2, 0) is 16.4 Å². The second-order valence-electron chi connectivity index (χ2n) is 7.77. The zero-order valence-corrected chi connectivity index (χ0v) is 18.5. The van der Waals surface area contributed by atoms with Crippen LogP contribution in [0.2, 0.25) is 0 Å². The molecule has 3 N–H and O–H groups in total. The van der Waals surface area contributed by atoms with Gasteiger partial charge in [-0.3, -0.25) is 0 Å². The summed E-state index contributed by atoms with van der Waals surface area (Å²) in [5.41, 5.74) is 3.51. The lowest BCUT2D eigenvalue weighted by atomic mass is 10.0. The van der Waals surface area contributed by atoms with Crippen LogP contribution in [0.1, 0.15) is 47.2 Å². The molecule has 0 radical (unpaired) electrons. The molecular formula is C24H26FNO5S. The van der Waals surface area contributed by atoms with Gasteiger partial charge >= 0.3 is 5.97 Å². The molecule has 8 heteroatoms. The highest BCUT2D eigenvalue weighted by Crippen LogP contribution is 2.34. The molecule has 0 aromatic heterocycles. The van der Waals surface area contributed by atoms with E-state index < -0.39 is 21.8 Å². The van der Waals surface area contributed by atoms with Crippen molar-refractivity contribution in [3.8, 4) is 11.1 Å². The van der Waals surface area contributed by atoms with E-state index in [-0.39, 0.29) is 29.5 Å². The van der Waals surface area contributed by atoms with Crippen LogP contribution in [0.3, 0.4) is 0 Å². The van der Waals surface area contributed by atoms with Gasteiger partial charge in [0.1, 0.15) is 5.82 Å². The fourth-order valence-corrected chi connectivity index (χ4v) is 4.67. The molecule has 0 saturated heterocycles. The van der Waals surface area contributed by atoms with Crippen LogP contribution in [0, 0.1) is 5.82 Å². The maximum atomic E-state index is 13.0. The molecule has 170 valence electrons. The molecule has 32 heavy (non-hydrogen) atoms. The second-order valence-corrected chi connectivity index (χ2v) is 9.54. The first-order valence-electron chi connectivity index (χ1n) is 10.4. The Kier molecular flexibility index (Phi) is 7.60. The molecule has 2 aliphatic rings. The summed E-state index contributed by atoms with van der Waals surface area (Å²) in [6.45, 7) is 2.11. The first-order valence-corrected chi connectivity index (χ1v) is 11.9. The van der Waals surface area contributed by atoms with Crippen LogP contribution in [0.15, 0.2) is 59.5 Å². The fraction of sp³-hybridized carbons (Fsp3) is 0.292. The minimum absolute atomic E-state index is 0.000702. The van der Waals surface area contributed by atoms with Crippen LogP contribution in [0.5, 0.6) is 0 Å². The molecule has 3 rings (SSSR count). The molecular weight excluding hydrogens is 433 g/mol. The van der Waals surface area contributed by atoms with Crippen molar-refractivity contribution < 1.29 is 27.8 Å². The van der Waals surface area contributed by atoms with Crippen molar-refractivity contribution in [1.29, 1.82) is 0 Å². The predicted molar refractivity (Wildman–Crippen MR) is 120 cm³/mol. The molecule has 2 aliphatic carbocycles. The van der Waals surface area contributed by atoms with Gasteiger partial charge in [-0.15, -0.1) is 0 Å². The highest BCUT2D eigenvalue weighted by Gasteiger charge is 2.20. The lowest BCUT2D eigenvalue weighted by Gasteiger charge is -2.07. The largest absolute Gasteiger partial charge is 0.478 e. The zero-order valence-electron chi connectivity index (χ0n) is 17.7. The first-order chi connectivity index (χ1) is 15.2. The van der Waals surface area contributed by atoms with Crippen molar-refractivity contribution in [2.75, 3.05) is 13.2 Å². The van der Waals surface area contributed by atoms with E-state index >= 15 is 0 Å². The van der Waals surface area contributed by atoms with E-state index in [9.17, 15) is 27.8 Å². The zero-order chi connectivity index (χ0) is 23.3. The number of fused-ring (bicyclic) bond motifs is 1. The maximum Gasteiger partial charge on any atom is 0.336 e. The van der Waals surface area contributed by atoms with Gasteiger partial charge in [0.2, 0.25) is 10.0 Å². The minimum Gasteiger partial charge on any atom is -0.478 e. The summed E-state index contributed by atoms with van der Waals surface area (Å²) in [6, 6.07) is 13.7. The van der Waals surface area contributed by atoms with Crippen LogP contribution in [0.4, 0.5) is 4.39 Å². The number of hydrogen-bond donors (Lipinski definition) is 3. The molecule has 1 aromatic carbocycles. The van der Waals surface area contributed by atoms with Crippen molar-refractivity contribution in [2.45, 2.75) is 37.0 Å². The summed E-state index contributed by atoms with van der Waals surface area (Å²) in [5.74, 6) is -1.56. The highest BCUT2D eigenvalue weighted by molar-refractivity contribution is 7.89. The number of hydrogen-bond acceptors (Lipinski definition) is 4. The van der Waals surface area contributed by atoms with Crippen molar-refractivity contribution >= 4 is 16.0 Å². The van der Waals surface area contributed by atoms with Gasteiger partial charge in [0, 0.05) is 19.1 Å². The lowest BCUT2D eigenvalue weighted by Crippen LogP contribution is -2.24. The van der Waals surface area contributed by atoms with Crippen molar-refractivity contribution in [1.82, 2.24) is 4.72 Å². The molecule has 0 bridgehead atoms. The van der Waals surface area contributed by atoms with E-state index in [0.717, 1.165) is 28.8 Å². The Bertz CT molecular complexity index is 1160. The van der Waals surface area contributed by atoms with Crippen LogP contribution in [-0.4, -0.2) is 37.8 Å². The van der Waals surface area contributed by atoms with Gasteiger partial charge in [-0.05, 0) is 71.8 Å². The summed E-state index contributed by atoms with van der Waals surface area (Å²) in [4.78, 5) is 11.7. The molecule has 0 heterocycles. The summed E-state index contributed by atoms with van der Waals surface area (Å²) < 4.78 is 40.0. The van der Waals surface area contributed by atoms with E-state index in [2.05, 4.69) is 4.72 Å². The average Bonchev–Trinajstić information content (AvgIpc) is 2.96. The number of carboxylic acids is 1. The molecule has 1 unspecified atom stereocenters. The number of halogens is 1. The molecule has 1 aromatic rings. The third-order valence-corrected chi connectivity index (χ3v) is 6.97. The van der Waals surface area contributed by atoms with Gasteiger partial charge in [-0.25, -0.2) is 22.3 Å². The van der Waals surface area contributed by atoms with E-state index in [1.165, 1.54) is 12.1 Å². The van der Waals surface area contributed by atoms with E-state index in [4.69, 9.17) is 0 Å². The van der Waals surface area contributed by atoms with Gasteiger partial charge in [-0.1, -0.05) is 31.2 Å². The number of carbonyl (C=O) groups is 1. The molecule has 0 spiro atoms. The Balaban J connectivity index is 1.67. The quantitative estimate of drug-likeness (QED) is 0.397. The number of aryl methyl sites for hydroxylation is 1. The third-order valence-electron chi connectivity index (χ3n) is 5.49. The van der Waals surface area contributed by atoms with Gasteiger partial charge in [0.15, 0.2) is 0 Å². The summed E-state index contributed by atoms with van der Waals surface area (Å²) in [5, 5.41) is 19.0. The van der Waals surface area contributed by atoms with E-state index in [1.807, 2.05) is 25.1 Å². The Hall–Kier alpha value is -2.81. The van der Waals surface area contributed by atoms with E-state index in [0.29, 0.717) is 24.8 Å². The summed E-state index contributed by atoms with van der Waals surface area (Å²) in [7, 11) is -3.70. The number of aliphatic hydroxyl groups excluding tert-OH is 1. The smallest absolute Gasteiger partial charge is 0.336 e. The molecule has 0 amide bonds. The number of benzene rings is 1. The number of carboxylic acid groups (broad SMARTS) is 1. The summed E-state index contributed by atoms with van der Waals surface area (Å²) in [6.07, 6.45) is 1.81. The lowest BCUT2D eigenvalue weighted by molar-refractivity contribution is 0.0698. The molecule has 6 nitrogen and oxygen atoms in total. The van der Waals surface area contributed by atoms with Gasteiger partial charge in [0.05, 0.1) is 10.5 Å². The monoisotopic (exact) mass is 459 g/mol. The second kappa shape index (κ2) is 10.2. The fourth-order valence-electron chi connectivity index (χ4n) is 3.60. The predicted octanol–water partition coefficient (Wildman–Crippen LogP) is 4.03. The number of aromatic carboxylic acids is 1. The first kappa shape index (κ1) is 23.8. The molecule has 1 atom stereocenters. The van der Waals surface area contributed by atoms with Crippen LogP contribution in [0.25, 0.3) is 11.1 Å². The number of unbranched alkanes of at least 4 members (excludes halogenated alkanes) is 1. The SMILES string of the molecule is CC(CO)c1ccc2c(CCCCNS(=O)(=O)c3ccc(F)cc3)cc(C(=O)O)c-2cc1. The van der Waals surface area contributed by atoms with Crippen LogP contribution < -0.4 is 4.72 Å².